The van der Waals surface area contributed by atoms with Crippen molar-refractivity contribution in [3.05, 3.63) is 7.11 Å². The Kier molecular flexibility index (Phi) is 4.26. The summed E-state index contributed by atoms with van der Waals surface area (Å²) in [6.07, 6.45) is 0.278. The van der Waals surface area contributed by atoms with Gasteiger partial charge in [0.25, 0.3) is 0 Å². The minimum Gasteiger partial charge on any atom is -0.462 e. The van der Waals surface area contributed by atoms with Crippen molar-refractivity contribution in [1.29, 1.82) is 0 Å². The van der Waals surface area contributed by atoms with Gasteiger partial charge in [-0.25, -0.2) is 0 Å². The minimum absolute atomic E-state index is 0.278. The van der Waals surface area contributed by atoms with Crippen LogP contribution in [0.5, 0.6) is 0 Å². The van der Waals surface area contributed by atoms with E-state index in [2.05, 4.69) is 16.6 Å². The summed E-state index contributed by atoms with van der Waals surface area (Å²) in [5.41, 5.74) is 0. The molecule has 47 valence electrons. The minimum atomic E-state index is -0.341. The smallest absolute Gasteiger partial charge is 0.308 e. The first kappa shape index (κ1) is 7.43. The lowest BCUT2D eigenvalue weighted by Gasteiger charge is -1.94. The number of hydrogen-bond donors (Lipinski definition) is 0. The monoisotopic (exact) mass is 117 g/mol. The molecule has 0 saturated carbocycles. The molecule has 0 unspecified atom stereocenters. The van der Waals surface area contributed by atoms with Crippen LogP contribution in [0.25, 0.3) is 0 Å². The molecule has 0 aliphatic carbocycles. The van der Waals surface area contributed by atoms with E-state index in [-0.39, 0.29) is 12.4 Å². The maximum absolute atomic E-state index is 10.2. The molecule has 0 spiro atoms. The third-order valence-electron chi connectivity index (χ3n) is 0.671. The summed E-state index contributed by atoms with van der Waals surface area (Å²) >= 11 is 0. The van der Waals surface area contributed by atoms with E-state index in [9.17, 15) is 4.79 Å². The Balaban J connectivity index is 2.99. The predicted molar refractivity (Wildman–Crippen MR) is 27.9 cm³/mol. The number of hydrogen-bond acceptors (Lipinski definition) is 3. The van der Waals surface area contributed by atoms with Crippen molar-refractivity contribution in [3.8, 4) is 0 Å². The zero-order valence-corrected chi connectivity index (χ0v) is 4.85. The van der Waals surface area contributed by atoms with E-state index in [1.54, 1.807) is 0 Å². The van der Waals surface area contributed by atoms with Gasteiger partial charge < -0.3 is 9.47 Å². The van der Waals surface area contributed by atoms with Gasteiger partial charge in [0.2, 0.25) is 0 Å². The highest BCUT2D eigenvalue weighted by molar-refractivity contribution is 5.69. The molecule has 8 heavy (non-hydrogen) atoms. The van der Waals surface area contributed by atoms with Crippen LogP contribution in [-0.2, 0) is 14.3 Å². The second-order valence-corrected chi connectivity index (χ2v) is 1.26. The molecule has 0 heterocycles. The fourth-order valence-corrected chi connectivity index (χ4v) is 0.258. The summed E-state index contributed by atoms with van der Waals surface area (Å²) in [4.78, 5) is 10.2. The summed E-state index contributed by atoms with van der Waals surface area (Å²) in [5, 5.41) is 0. The Morgan fingerprint density at radius 3 is 2.75 bits per heavy atom. The number of esters is 1. The molecular formula is C5H9O3. The highest BCUT2D eigenvalue weighted by atomic mass is 16.5. The van der Waals surface area contributed by atoms with Crippen LogP contribution < -0.4 is 0 Å². The fourth-order valence-electron chi connectivity index (χ4n) is 0.258. The van der Waals surface area contributed by atoms with Crippen LogP contribution in [0.4, 0.5) is 0 Å². The van der Waals surface area contributed by atoms with E-state index in [0.29, 0.717) is 6.61 Å². The second kappa shape index (κ2) is 4.59. The number of carbonyl (C=O) groups is 1. The number of ether oxygens (including phenoxy) is 2. The maximum atomic E-state index is 10.2. The van der Waals surface area contributed by atoms with Crippen molar-refractivity contribution >= 4 is 5.97 Å². The van der Waals surface area contributed by atoms with E-state index >= 15 is 0 Å². The molecule has 0 bridgehead atoms. The first-order valence-electron chi connectivity index (χ1n) is 2.25. The molecule has 0 fully saturated rings. The zero-order chi connectivity index (χ0) is 6.41. The normalized spacial score (nSPS) is 8.75. The highest BCUT2D eigenvalue weighted by Gasteiger charge is 1.95. The van der Waals surface area contributed by atoms with E-state index in [1.165, 1.54) is 7.11 Å². The van der Waals surface area contributed by atoms with Crippen LogP contribution in [0.3, 0.4) is 0 Å². The number of rotatable bonds is 3. The molecule has 0 rings (SSSR count). The van der Waals surface area contributed by atoms with Crippen molar-refractivity contribution in [1.82, 2.24) is 0 Å². The summed E-state index contributed by atoms with van der Waals surface area (Å²) in [5.74, 6) is -0.341. The fraction of sp³-hybridized carbons (Fsp3) is 0.600. The first-order valence-corrected chi connectivity index (χ1v) is 2.25. The molecule has 0 atom stereocenters. The largest absolute Gasteiger partial charge is 0.462 e. The molecule has 0 saturated heterocycles. The average molecular weight is 117 g/mol. The van der Waals surface area contributed by atoms with Gasteiger partial charge >= 0.3 is 5.97 Å². The van der Waals surface area contributed by atoms with Crippen LogP contribution in [0.1, 0.15) is 6.42 Å². The standard InChI is InChI=1S/C5H9O3/c1-7-4-3-5(6)8-2/h2-4H2,1H3. The second-order valence-electron chi connectivity index (χ2n) is 1.26. The molecule has 0 aromatic carbocycles. The van der Waals surface area contributed by atoms with Gasteiger partial charge in [0.15, 0.2) is 0 Å². The van der Waals surface area contributed by atoms with Gasteiger partial charge in [0.05, 0.1) is 13.0 Å². The van der Waals surface area contributed by atoms with Crippen LogP contribution in [0.15, 0.2) is 0 Å². The highest BCUT2D eigenvalue weighted by Crippen LogP contribution is 1.83. The average Bonchev–Trinajstić information content (AvgIpc) is 1.83. The van der Waals surface area contributed by atoms with Gasteiger partial charge in [0.1, 0.15) is 7.11 Å². The Morgan fingerprint density at radius 1 is 1.75 bits per heavy atom. The van der Waals surface area contributed by atoms with Gasteiger partial charge in [-0.2, -0.15) is 0 Å². The molecule has 0 aliphatic heterocycles. The molecule has 3 heteroatoms. The van der Waals surface area contributed by atoms with E-state index in [4.69, 9.17) is 0 Å². The summed E-state index contributed by atoms with van der Waals surface area (Å²) in [6.45, 7) is 0.397. The van der Waals surface area contributed by atoms with Crippen molar-refractivity contribution < 1.29 is 14.3 Å². The molecule has 3 nitrogen and oxygen atoms in total. The van der Waals surface area contributed by atoms with Gasteiger partial charge in [0, 0.05) is 7.11 Å². The Bertz CT molecular complexity index is 70.1. The Labute approximate surface area is 48.6 Å². The lowest BCUT2D eigenvalue weighted by Crippen LogP contribution is -2.02. The van der Waals surface area contributed by atoms with Crippen LogP contribution >= 0.6 is 0 Å². The third-order valence-corrected chi connectivity index (χ3v) is 0.671. The van der Waals surface area contributed by atoms with E-state index < -0.39 is 0 Å². The zero-order valence-electron chi connectivity index (χ0n) is 4.85. The molecule has 0 aromatic rings. The van der Waals surface area contributed by atoms with Crippen LogP contribution in [0, 0.1) is 7.11 Å². The molecule has 0 amide bonds. The van der Waals surface area contributed by atoms with Crippen molar-refractivity contribution in [2.75, 3.05) is 13.7 Å². The SMILES string of the molecule is [CH2]OC(=O)CCOC. The molecule has 0 N–H and O–H groups in total. The molecule has 0 aromatic heterocycles. The molecule has 1 radical (unpaired) electrons. The summed E-state index contributed by atoms with van der Waals surface area (Å²) in [6, 6.07) is 0. The van der Waals surface area contributed by atoms with Crippen molar-refractivity contribution in [3.63, 3.8) is 0 Å². The first-order chi connectivity index (χ1) is 3.81. The topological polar surface area (TPSA) is 35.5 Å². The van der Waals surface area contributed by atoms with Gasteiger partial charge in [-0.05, 0) is 0 Å². The molecule has 0 aliphatic rings. The molecular weight excluding hydrogens is 108 g/mol. The van der Waals surface area contributed by atoms with Gasteiger partial charge in [-0.1, -0.05) is 0 Å². The van der Waals surface area contributed by atoms with E-state index in [1.807, 2.05) is 0 Å². The predicted octanol–water partition coefficient (Wildman–Crippen LogP) is 0.358. The van der Waals surface area contributed by atoms with Crippen LogP contribution in [-0.4, -0.2) is 19.7 Å². The lowest BCUT2D eigenvalue weighted by atomic mass is 10.5. The quantitative estimate of drug-likeness (QED) is 0.500. The Morgan fingerprint density at radius 2 is 2.38 bits per heavy atom. The Hall–Kier alpha value is -0.570. The van der Waals surface area contributed by atoms with Crippen LogP contribution in [0.2, 0.25) is 0 Å². The maximum Gasteiger partial charge on any atom is 0.308 e. The lowest BCUT2D eigenvalue weighted by molar-refractivity contribution is -0.139. The van der Waals surface area contributed by atoms with Crippen molar-refractivity contribution in [2.45, 2.75) is 6.42 Å². The number of methoxy groups -OCH3 is 1. The van der Waals surface area contributed by atoms with Gasteiger partial charge in [-0.3, -0.25) is 4.79 Å². The number of carbonyl (C=O) groups excluding carboxylic acids is 1. The van der Waals surface area contributed by atoms with Crippen molar-refractivity contribution in [2.24, 2.45) is 0 Å². The summed E-state index contributed by atoms with van der Waals surface area (Å²) < 4.78 is 8.67. The van der Waals surface area contributed by atoms with Gasteiger partial charge in [-0.15, -0.1) is 0 Å². The summed E-state index contributed by atoms with van der Waals surface area (Å²) in [7, 11) is 4.46. The van der Waals surface area contributed by atoms with E-state index in [0.717, 1.165) is 0 Å². The third kappa shape index (κ3) is 3.61.